The molecule has 0 heterocycles. The van der Waals surface area contributed by atoms with Gasteiger partial charge < -0.3 is 0 Å². The van der Waals surface area contributed by atoms with Crippen molar-refractivity contribution < 1.29 is 17.2 Å². The SMILES string of the molecule is CC[N]CCCOS(=O)(=O)O. The van der Waals surface area contributed by atoms with Gasteiger partial charge >= 0.3 is 10.4 Å². The summed E-state index contributed by atoms with van der Waals surface area (Å²) < 4.78 is 32.1. The van der Waals surface area contributed by atoms with E-state index in [1.54, 1.807) is 0 Å². The zero-order valence-electron chi connectivity index (χ0n) is 6.36. The minimum Gasteiger partial charge on any atom is -0.264 e. The van der Waals surface area contributed by atoms with E-state index in [0.29, 0.717) is 19.5 Å². The van der Waals surface area contributed by atoms with E-state index in [2.05, 4.69) is 9.50 Å². The van der Waals surface area contributed by atoms with Gasteiger partial charge in [-0.05, 0) is 6.42 Å². The lowest BCUT2D eigenvalue weighted by atomic mass is 10.4. The Labute approximate surface area is 66.7 Å². The van der Waals surface area contributed by atoms with Crippen molar-refractivity contribution in [2.45, 2.75) is 13.3 Å². The van der Waals surface area contributed by atoms with E-state index in [4.69, 9.17) is 4.55 Å². The topological polar surface area (TPSA) is 77.7 Å². The quantitative estimate of drug-likeness (QED) is 0.456. The van der Waals surface area contributed by atoms with Gasteiger partial charge in [0.2, 0.25) is 0 Å². The van der Waals surface area contributed by atoms with Gasteiger partial charge in [0, 0.05) is 13.1 Å². The zero-order valence-corrected chi connectivity index (χ0v) is 7.17. The van der Waals surface area contributed by atoms with Crippen molar-refractivity contribution >= 4 is 10.4 Å². The first-order valence-electron chi connectivity index (χ1n) is 3.31. The van der Waals surface area contributed by atoms with E-state index in [1.165, 1.54) is 0 Å². The molecule has 0 aliphatic rings. The molecule has 1 radical (unpaired) electrons. The van der Waals surface area contributed by atoms with Gasteiger partial charge in [-0.2, -0.15) is 8.42 Å². The Bertz CT molecular complexity index is 177. The van der Waals surface area contributed by atoms with Gasteiger partial charge in [0.05, 0.1) is 6.61 Å². The molecule has 0 unspecified atom stereocenters. The third-order valence-corrected chi connectivity index (χ3v) is 1.38. The standard InChI is InChI=1S/C5H12NO4S/c1-2-6-4-3-5-10-11(7,8)9/h2-5H2,1H3,(H,7,8,9). The van der Waals surface area contributed by atoms with Crippen molar-refractivity contribution in [1.29, 1.82) is 0 Å². The molecule has 0 aliphatic carbocycles. The van der Waals surface area contributed by atoms with Crippen LogP contribution in [0.4, 0.5) is 0 Å². The number of hydrogen-bond acceptors (Lipinski definition) is 3. The Balaban J connectivity index is 3.16. The highest BCUT2D eigenvalue weighted by molar-refractivity contribution is 7.80. The summed E-state index contributed by atoms with van der Waals surface area (Å²) in [5.41, 5.74) is 0. The summed E-state index contributed by atoms with van der Waals surface area (Å²) in [5, 5.41) is 3.93. The number of rotatable bonds is 6. The molecule has 1 N–H and O–H groups in total. The van der Waals surface area contributed by atoms with Crippen LogP contribution in [-0.2, 0) is 14.6 Å². The van der Waals surface area contributed by atoms with E-state index in [-0.39, 0.29) is 6.61 Å². The van der Waals surface area contributed by atoms with Crippen LogP contribution < -0.4 is 5.32 Å². The van der Waals surface area contributed by atoms with Crippen molar-refractivity contribution in [3.63, 3.8) is 0 Å². The minimum atomic E-state index is -4.25. The van der Waals surface area contributed by atoms with Crippen LogP contribution in [0.3, 0.4) is 0 Å². The molecule has 0 aliphatic heterocycles. The van der Waals surface area contributed by atoms with Crippen LogP contribution >= 0.6 is 0 Å². The lowest BCUT2D eigenvalue weighted by molar-refractivity contribution is 0.264. The Morgan fingerprint density at radius 3 is 2.64 bits per heavy atom. The fourth-order valence-electron chi connectivity index (χ4n) is 0.499. The molecule has 0 amide bonds. The molecule has 0 saturated carbocycles. The molecule has 6 heteroatoms. The van der Waals surface area contributed by atoms with Gasteiger partial charge in [-0.25, -0.2) is 9.50 Å². The second-order valence-corrected chi connectivity index (χ2v) is 2.96. The van der Waals surface area contributed by atoms with Crippen LogP contribution in [0.1, 0.15) is 13.3 Å². The summed E-state index contributed by atoms with van der Waals surface area (Å²) >= 11 is 0. The van der Waals surface area contributed by atoms with Crippen LogP contribution in [-0.4, -0.2) is 32.7 Å². The molecule has 5 nitrogen and oxygen atoms in total. The molecular formula is C5H12NO4S. The van der Waals surface area contributed by atoms with Crippen molar-refractivity contribution in [2.75, 3.05) is 19.7 Å². The summed E-state index contributed by atoms with van der Waals surface area (Å²) in [6.07, 6.45) is 0.508. The third-order valence-electron chi connectivity index (χ3n) is 0.916. The molecule has 0 aromatic rings. The first-order valence-corrected chi connectivity index (χ1v) is 4.68. The average Bonchev–Trinajstić information content (AvgIpc) is 1.85. The van der Waals surface area contributed by atoms with Crippen molar-refractivity contribution in [1.82, 2.24) is 5.32 Å². The second kappa shape index (κ2) is 5.48. The van der Waals surface area contributed by atoms with Gasteiger partial charge in [0.25, 0.3) is 0 Å². The molecule has 0 atom stereocenters. The molecule has 0 aromatic heterocycles. The highest BCUT2D eigenvalue weighted by atomic mass is 32.3. The van der Waals surface area contributed by atoms with Crippen LogP contribution in [0.25, 0.3) is 0 Å². The summed E-state index contributed by atoms with van der Waals surface area (Å²) in [6.45, 7) is 3.16. The predicted octanol–water partition coefficient (Wildman–Crippen LogP) is -0.180. The predicted molar refractivity (Wildman–Crippen MR) is 39.7 cm³/mol. The summed E-state index contributed by atoms with van der Waals surface area (Å²) in [6, 6.07) is 0. The van der Waals surface area contributed by atoms with Gasteiger partial charge in [-0.15, -0.1) is 0 Å². The molecule has 0 spiro atoms. The summed E-state index contributed by atoms with van der Waals surface area (Å²) in [4.78, 5) is 0. The maximum absolute atomic E-state index is 9.97. The molecule has 0 fully saturated rings. The van der Waals surface area contributed by atoms with Crippen molar-refractivity contribution in [3.8, 4) is 0 Å². The summed E-state index contributed by atoms with van der Waals surface area (Å²) in [7, 11) is -4.25. The van der Waals surface area contributed by atoms with Crippen LogP contribution in [0.5, 0.6) is 0 Å². The first kappa shape index (κ1) is 10.8. The van der Waals surface area contributed by atoms with E-state index in [0.717, 1.165) is 0 Å². The average molecular weight is 182 g/mol. The normalized spacial score (nSPS) is 11.8. The molecule has 11 heavy (non-hydrogen) atoms. The van der Waals surface area contributed by atoms with Gasteiger partial charge in [-0.3, -0.25) is 4.55 Å². The molecule has 0 bridgehead atoms. The smallest absolute Gasteiger partial charge is 0.264 e. The van der Waals surface area contributed by atoms with Gasteiger partial charge in [-0.1, -0.05) is 6.92 Å². The minimum absolute atomic E-state index is 0.0116. The van der Waals surface area contributed by atoms with E-state index >= 15 is 0 Å². The molecule has 67 valence electrons. The molecular weight excluding hydrogens is 170 g/mol. The fraction of sp³-hybridized carbons (Fsp3) is 1.00. The lowest BCUT2D eigenvalue weighted by Crippen LogP contribution is -2.11. The Hall–Kier alpha value is -0.170. The monoisotopic (exact) mass is 182 g/mol. The second-order valence-electron chi connectivity index (χ2n) is 1.87. The van der Waals surface area contributed by atoms with E-state index < -0.39 is 10.4 Å². The lowest BCUT2D eigenvalue weighted by Gasteiger charge is -1.98. The fourth-order valence-corrected chi connectivity index (χ4v) is 0.827. The Morgan fingerprint density at radius 2 is 2.18 bits per heavy atom. The van der Waals surface area contributed by atoms with Gasteiger partial charge in [0.15, 0.2) is 0 Å². The number of hydrogen-bond donors (Lipinski definition) is 1. The molecule has 0 aromatic carbocycles. The van der Waals surface area contributed by atoms with Crippen molar-refractivity contribution in [2.24, 2.45) is 0 Å². The highest BCUT2D eigenvalue weighted by Gasteiger charge is 2.01. The molecule has 0 rings (SSSR count). The van der Waals surface area contributed by atoms with Crippen LogP contribution in [0.2, 0.25) is 0 Å². The maximum atomic E-state index is 9.97. The Kier molecular flexibility index (Phi) is 5.39. The molecule has 0 saturated heterocycles. The highest BCUT2D eigenvalue weighted by Crippen LogP contribution is 1.88. The van der Waals surface area contributed by atoms with E-state index in [1.807, 2.05) is 6.92 Å². The first-order chi connectivity index (χ1) is 5.06. The zero-order chi connectivity index (χ0) is 8.74. The van der Waals surface area contributed by atoms with E-state index in [9.17, 15) is 8.42 Å². The largest absolute Gasteiger partial charge is 0.397 e. The third kappa shape index (κ3) is 9.83. The van der Waals surface area contributed by atoms with Crippen molar-refractivity contribution in [3.05, 3.63) is 0 Å². The summed E-state index contributed by atoms with van der Waals surface area (Å²) in [5.74, 6) is 0. The Morgan fingerprint density at radius 1 is 1.55 bits per heavy atom. The van der Waals surface area contributed by atoms with Gasteiger partial charge in [0.1, 0.15) is 0 Å². The number of nitrogens with zero attached hydrogens (tertiary/aromatic N) is 1. The van der Waals surface area contributed by atoms with Crippen LogP contribution in [0, 0.1) is 0 Å². The maximum Gasteiger partial charge on any atom is 0.397 e. The van der Waals surface area contributed by atoms with Crippen LogP contribution in [0.15, 0.2) is 0 Å².